The van der Waals surface area contributed by atoms with Crippen molar-refractivity contribution in [1.29, 1.82) is 0 Å². The van der Waals surface area contributed by atoms with Crippen LogP contribution in [0, 0.1) is 24.7 Å². The average Bonchev–Trinajstić information content (AvgIpc) is 3.89. The van der Waals surface area contributed by atoms with Crippen molar-refractivity contribution in [3.8, 4) is 34.1 Å². The SMILES string of the molecule is C1CCC([PH+](CCCC[PH+](C2CCCCC2)C2CCCCC2)C2CCCCC2)CC1.[Au+].[Au+].[C-]#Cc1ccc2c(c1)-c1ccccc1C2.[C-]#Cc1ccc2c(c1)Cc1ccccc1-2. The Morgan fingerprint density at radius 3 is 1.19 bits per heavy atom. The van der Waals surface area contributed by atoms with Gasteiger partial charge in [0, 0.05) is 15.8 Å². The number of hydrogen-bond donors (Lipinski definition) is 0. The average molecular weight is 1230 g/mol. The molecule has 0 aliphatic heterocycles. The number of benzene rings is 4. The van der Waals surface area contributed by atoms with Crippen LogP contribution in [0.2, 0.25) is 0 Å². The first-order valence-corrected chi connectivity index (χ1v) is 28.4. The second kappa shape index (κ2) is 25.9. The molecule has 0 bridgehead atoms. The summed E-state index contributed by atoms with van der Waals surface area (Å²) in [6.45, 7) is 0. The predicted molar refractivity (Wildman–Crippen MR) is 265 cm³/mol. The normalized spacial score (nSPS) is 18.5. The van der Waals surface area contributed by atoms with Gasteiger partial charge >= 0.3 is 44.8 Å². The molecule has 0 radical (unpaired) electrons. The summed E-state index contributed by atoms with van der Waals surface area (Å²) >= 11 is 0. The molecule has 4 heteroatoms. The van der Waals surface area contributed by atoms with E-state index in [0.29, 0.717) is 0 Å². The second-order valence-electron chi connectivity index (χ2n) is 19.4. The van der Waals surface area contributed by atoms with Gasteiger partial charge in [-0.1, -0.05) is 91.9 Å². The third-order valence-corrected chi connectivity index (χ3v) is 23.9. The van der Waals surface area contributed by atoms with E-state index in [0.717, 1.165) is 24.0 Å². The van der Waals surface area contributed by atoms with Crippen molar-refractivity contribution >= 4 is 15.8 Å². The van der Waals surface area contributed by atoms with Gasteiger partial charge in [0.05, 0.1) is 35.0 Å². The summed E-state index contributed by atoms with van der Waals surface area (Å²) in [5.41, 5.74) is 17.2. The molecule has 4 aromatic carbocycles. The topological polar surface area (TPSA) is 0 Å². The van der Waals surface area contributed by atoms with Gasteiger partial charge in [-0.15, -0.1) is 35.4 Å². The van der Waals surface area contributed by atoms with Gasteiger partial charge in [0.1, 0.15) is 0 Å². The molecule has 0 amide bonds. The first-order valence-electron chi connectivity index (χ1n) is 24.7. The van der Waals surface area contributed by atoms with E-state index in [1.165, 1.54) is 67.1 Å². The minimum atomic E-state index is -0.0809. The van der Waals surface area contributed by atoms with Crippen LogP contribution in [0.15, 0.2) is 84.9 Å². The van der Waals surface area contributed by atoms with Gasteiger partial charge in [-0.25, -0.2) is 0 Å². The monoisotopic (exact) mass is 1220 g/mol. The summed E-state index contributed by atoms with van der Waals surface area (Å²) in [4.78, 5) is 0. The van der Waals surface area contributed by atoms with Crippen molar-refractivity contribution < 1.29 is 44.8 Å². The smallest absolute Gasteiger partial charge is 0.366 e. The Balaban J connectivity index is 0.000000168. The summed E-state index contributed by atoms with van der Waals surface area (Å²) in [6.07, 6.45) is 54.7. The molecule has 6 aliphatic carbocycles. The standard InChI is InChI=1S/C28H52P2.2C15H9.2Au/c1-5-15-25(16-6-1)29(26-17-7-2-8-18-26)23-13-14-24-30(27-19-9-3-10-20-27)28-21-11-4-12-22-28;1-2-11-7-8-15-13(9-11)10-12-5-3-4-6-14(12)15;1-2-11-7-8-13-10-12-5-3-4-6-14(12)15(13)9-11;;/h25-28H,1-24H2;2*3-9H,10H2;;/q;2*-1;2*+1/p+2. The summed E-state index contributed by atoms with van der Waals surface area (Å²) in [5.74, 6) is 4.87. The first-order chi connectivity index (χ1) is 29.7. The quantitative estimate of drug-likeness (QED) is 0.0445. The van der Waals surface area contributed by atoms with Crippen LogP contribution in [0.5, 0.6) is 0 Å². The molecular formula is C58H72Au2P2+2. The second-order valence-corrected chi connectivity index (χ2v) is 25.9. The Morgan fingerprint density at radius 2 is 0.742 bits per heavy atom. The first kappa shape index (κ1) is 49.8. The molecule has 0 aromatic heterocycles. The minimum absolute atomic E-state index is 0. The Morgan fingerprint density at radius 1 is 0.387 bits per heavy atom. The Labute approximate surface area is 411 Å². The Hall–Kier alpha value is -1.66. The van der Waals surface area contributed by atoms with Gasteiger partial charge in [0.25, 0.3) is 0 Å². The van der Waals surface area contributed by atoms with E-state index in [9.17, 15) is 0 Å². The van der Waals surface area contributed by atoms with Crippen LogP contribution in [-0.4, -0.2) is 35.0 Å². The maximum absolute atomic E-state index is 7.14. The zero-order chi connectivity index (χ0) is 40.9. The van der Waals surface area contributed by atoms with Crippen molar-refractivity contribution in [2.24, 2.45) is 0 Å². The summed E-state index contributed by atoms with van der Waals surface area (Å²) in [6, 6.07) is 29.2. The fourth-order valence-electron chi connectivity index (χ4n) is 12.5. The number of rotatable bonds is 9. The molecule has 0 spiro atoms. The number of fused-ring (bicyclic) bond motifs is 6. The van der Waals surface area contributed by atoms with Crippen LogP contribution >= 0.6 is 15.8 Å². The molecule has 0 N–H and O–H groups in total. The van der Waals surface area contributed by atoms with Crippen molar-refractivity contribution in [2.75, 3.05) is 12.3 Å². The molecule has 0 nitrogen and oxygen atoms in total. The molecular weight excluding hydrogens is 1150 g/mol. The van der Waals surface area contributed by atoms with E-state index in [2.05, 4.69) is 78.6 Å². The van der Waals surface area contributed by atoms with Gasteiger partial charge in [-0.2, -0.15) is 0 Å². The van der Waals surface area contributed by atoms with E-state index in [1.807, 2.05) is 18.2 Å². The van der Waals surface area contributed by atoms with Crippen molar-refractivity contribution in [3.63, 3.8) is 0 Å². The Kier molecular flexibility index (Phi) is 20.8. The van der Waals surface area contributed by atoms with Crippen molar-refractivity contribution in [3.05, 3.63) is 131 Å². The zero-order valence-corrected chi connectivity index (χ0v) is 43.7. The van der Waals surface area contributed by atoms with Gasteiger partial charge in [0.2, 0.25) is 0 Å². The summed E-state index contributed by atoms with van der Waals surface area (Å²) in [7, 11) is -0.162. The molecule has 0 atom stereocenters. The number of unbranched alkanes of at least 4 members (excludes halogenated alkanes) is 1. The van der Waals surface area contributed by atoms with E-state index >= 15 is 0 Å². The zero-order valence-electron chi connectivity index (χ0n) is 37.4. The third kappa shape index (κ3) is 13.0. The maximum Gasteiger partial charge on any atom is 1.00 e. The van der Waals surface area contributed by atoms with Crippen molar-refractivity contribution in [2.45, 2.75) is 177 Å². The summed E-state index contributed by atoms with van der Waals surface area (Å²) < 4.78 is 0. The van der Waals surface area contributed by atoms with E-state index in [4.69, 9.17) is 12.8 Å². The fraction of sp³-hybridized carbons (Fsp3) is 0.517. The van der Waals surface area contributed by atoms with Gasteiger partial charge < -0.3 is 12.8 Å². The van der Waals surface area contributed by atoms with E-state index < -0.39 is 0 Å². The van der Waals surface area contributed by atoms with Crippen molar-refractivity contribution in [1.82, 2.24) is 0 Å². The van der Waals surface area contributed by atoms with Gasteiger partial charge in [0.15, 0.2) is 0 Å². The van der Waals surface area contributed by atoms with Gasteiger partial charge in [-0.3, -0.25) is 11.8 Å². The molecule has 4 fully saturated rings. The molecule has 334 valence electrons. The van der Waals surface area contributed by atoms with Crippen LogP contribution in [0.4, 0.5) is 0 Å². The molecule has 62 heavy (non-hydrogen) atoms. The fourth-order valence-corrected chi connectivity index (χ4v) is 21.3. The van der Waals surface area contributed by atoms with Crippen LogP contribution < -0.4 is 0 Å². The molecule has 4 aromatic rings. The molecule has 6 aliphatic rings. The Bertz CT molecular complexity index is 1990. The predicted octanol–water partition coefficient (Wildman–Crippen LogP) is 15.9. The largest absolute Gasteiger partial charge is 1.00 e. The molecule has 0 saturated heterocycles. The minimum Gasteiger partial charge on any atom is -0.366 e. The molecule has 4 saturated carbocycles. The van der Waals surface area contributed by atoms with Crippen LogP contribution in [-0.2, 0) is 57.6 Å². The van der Waals surface area contributed by atoms with Crippen LogP contribution in [0.1, 0.15) is 175 Å². The summed E-state index contributed by atoms with van der Waals surface area (Å²) in [5, 5.41) is 0. The van der Waals surface area contributed by atoms with E-state index in [-0.39, 0.29) is 60.6 Å². The van der Waals surface area contributed by atoms with E-state index in [1.54, 1.807) is 154 Å². The van der Waals surface area contributed by atoms with Crippen LogP contribution in [0.25, 0.3) is 22.3 Å². The van der Waals surface area contributed by atoms with Crippen LogP contribution in [0.3, 0.4) is 0 Å². The maximum atomic E-state index is 7.14. The molecule has 0 unspecified atom stereocenters. The van der Waals surface area contributed by atoms with Gasteiger partial charge in [-0.05, 0) is 167 Å². The third-order valence-electron chi connectivity index (χ3n) is 15.6. The molecule has 10 rings (SSSR count). The number of hydrogen-bond acceptors (Lipinski definition) is 0. The molecule has 0 heterocycles.